The van der Waals surface area contributed by atoms with Crippen molar-refractivity contribution in [2.24, 2.45) is 0 Å². The van der Waals surface area contributed by atoms with Gasteiger partial charge in [0.25, 0.3) is 0 Å². The fraction of sp³-hybridized carbons (Fsp3) is 0.357. The van der Waals surface area contributed by atoms with E-state index < -0.39 is 11.6 Å². The zero-order valence-corrected chi connectivity index (χ0v) is 11.5. The summed E-state index contributed by atoms with van der Waals surface area (Å²) in [5.41, 5.74) is 2.10. The Morgan fingerprint density at radius 3 is 2.45 bits per heavy atom. The van der Waals surface area contributed by atoms with E-state index in [4.69, 9.17) is 0 Å². The highest BCUT2D eigenvalue weighted by Crippen LogP contribution is 2.12. The van der Waals surface area contributed by atoms with E-state index in [0.29, 0.717) is 11.5 Å². The lowest BCUT2D eigenvalue weighted by molar-refractivity contribution is 0.574. The van der Waals surface area contributed by atoms with Crippen LogP contribution in [0, 0.1) is 11.6 Å². The van der Waals surface area contributed by atoms with Gasteiger partial charge in [0, 0.05) is 18.2 Å². The molecular formula is C14H16F2N4. The Hall–Kier alpha value is -2.11. The van der Waals surface area contributed by atoms with Gasteiger partial charge in [-0.1, -0.05) is 19.9 Å². The minimum absolute atomic E-state index is 0.183. The zero-order valence-electron chi connectivity index (χ0n) is 11.5. The molecule has 4 nitrogen and oxygen atoms in total. The Labute approximate surface area is 116 Å². The summed E-state index contributed by atoms with van der Waals surface area (Å²) in [4.78, 5) is 4.34. The molecule has 0 atom stereocenters. The topological polar surface area (TPSA) is 50.7 Å². The first kappa shape index (κ1) is 14.3. The zero-order chi connectivity index (χ0) is 14.5. The first-order valence-electron chi connectivity index (χ1n) is 6.54. The third-order valence-corrected chi connectivity index (χ3v) is 2.96. The number of aromatic nitrogens is 3. The summed E-state index contributed by atoms with van der Waals surface area (Å²) in [7, 11) is 0. The van der Waals surface area contributed by atoms with Crippen molar-refractivity contribution in [1.29, 1.82) is 0 Å². The molecule has 0 fully saturated rings. The van der Waals surface area contributed by atoms with Crippen LogP contribution in [0.5, 0.6) is 0 Å². The van der Waals surface area contributed by atoms with Crippen molar-refractivity contribution in [1.82, 2.24) is 15.2 Å². The first-order chi connectivity index (χ1) is 9.63. The average Bonchev–Trinajstić information content (AvgIpc) is 2.46. The van der Waals surface area contributed by atoms with Crippen molar-refractivity contribution >= 4 is 5.95 Å². The summed E-state index contributed by atoms with van der Waals surface area (Å²) in [5, 5.41) is 10.9. The predicted molar refractivity (Wildman–Crippen MR) is 72.3 cm³/mol. The van der Waals surface area contributed by atoms with Crippen LogP contribution in [-0.4, -0.2) is 15.2 Å². The molecule has 0 radical (unpaired) electrons. The van der Waals surface area contributed by atoms with E-state index >= 15 is 0 Å². The minimum Gasteiger partial charge on any atom is -0.349 e. The molecule has 2 rings (SSSR count). The van der Waals surface area contributed by atoms with Crippen LogP contribution in [0.15, 0.2) is 18.2 Å². The van der Waals surface area contributed by atoms with Crippen molar-refractivity contribution < 1.29 is 8.78 Å². The van der Waals surface area contributed by atoms with Gasteiger partial charge in [-0.15, -0.1) is 5.10 Å². The number of nitrogens with one attached hydrogen (secondary N) is 1. The van der Waals surface area contributed by atoms with Crippen LogP contribution in [-0.2, 0) is 19.4 Å². The van der Waals surface area contributed by atoms with Crippen LogP contribution in [0.25, 0.3) is 0 Å². The number of nitrogens with zero attached hydrogens (tertiary/aromatic N) is 3. The van der Waals surface area contributed by atoms with Crippen LogP contribution >= 0.6 is 0 Å². The first-order valence-corrected chi connectivity index (χ1v) is 6.54. The molecule has 1 aromatic carbocycles. The van der Waals surface area contributed by atoms with Crippen LogP contribution in [0.2, 0.25) is 0 Å². The molecule has 6 heteroatoms. The molecule has 20 heavy (non-hydrogen) atoms. The fourth-order valence-electron chi connectivity index (χ4n) is 1.85. The highest BCUT2D eigenvalue weighted by atomic mass is 19.1. The molecule has 0 saturated heterocycles. The second-order valence-electron chi connectivity index (χ2n) is 4.33. The van der Waals surface area contributed by atoms with Gasteiger partial charge in [-0.25, -0.2) is 13.8 Å². The molecule has 1 N–H and O–H groups in total. The smallest absolute Gasteiger partial charge is 0.243 e. The van der Waals surface area contributed by atoms with Gasteiger partial charge in [0.2, 0.25) is 5.95 Å². The maximum Gasteiger partial charge on any atom is 0.243 e. The van der Waals surface area contributed by atoms with Gasteiger partial charge in [0.15, 0.2) is 0 Å². The number of hydrogen-bond acceptors (Lipinski definition) is 4. The lowest BCUT2D eigenvalue weighted by Gasteiger charge is -2.08. The summed E-state index contributed by atoms with van der Waals surface area (Å²) >= 11 is 0. The summed E-state index contributed by atoms with van der Waals surface area (Å²) in [5.74, 6) is -0.834. The Balaban J connectivity index is 2.10. The molecule has 0 spiro atoms. The largest absolute Gasteiger partial charge is 0.349 e. The van der Waals surface area contributed by atoms with E-state index in [-0.39, 0.29) is 6.54 Å². The van der Waals surface area contributed by atoms with E-state index in [9.17, 15) is 8.78 Å². The molecule has 0 aliphatic carbocycles. The summed E-state index contributed by atoms with van der Waals surface area (Å²) < 4.78 is 26.3. The number of benzene rings is 1. The minimum atomic E-state index is -0.593. The summed E-state index contributed by atoms with van der Waals surface area (Å²) in [6.45, 7) is 4.17. The van der Waals surface area contributed by atoms with Gasteiger partial charge in [-0.3, -0.25) is 0 Å². The van der Waals surface area contributed by atoms with Crippen LogP contribution in [0.1, 0.15) is 30.8 Å². The van der Waals surface area contributed by atoms with E-state index in [1.165, 1.54) is 12.1 Å². The van der Waals surface area contributed by atoms with Gasteiger partial charge in [0.1, 0.15) is 11.6 Å². The molecule has 0 amide bonds. The number of aryl methyl sites for hydroxylation is 2. The Kier molecular flexibility index (Phi) is 4.55. The molecule has 0 unspecified atom stereocenters. The normalized spacial score (nSPS) is 10.6. The van der Waals surface area contributed by atoms with Crippen LogP contribution < -0.4 is 5.32 Å². The van der Waals surface area contributed by atoms with Crippen molar-refractivity contribution in [2.75, 3.05) is 5.32 Å². The Morgan fingerprint density at radius 2 is 1.80 bits per heavy atom. The number of halogens is 2. The quantitative estimate of drug-likeness (QED) is 0.913. The van der Waals surface area contributed by atoms with Crippen LogP contribution in [0.4, 0.5) is 14.7 Å². The van der Waals surface area contributed by atoms with Crippen molar-refractivity contribution in [2.45, 2.75) is 33.2 Å². The third-order valence-electron chi connectivity index (χ3n) is 2.96. The molecule has 106 valence electrons. The fourth-order valence-corrected chi connectivity index (χ4v) is 1.85. The van der Waals surface area contributed by atoms with Gasteiger partial charge in [-0.2, -0.15) is 5.10 Å². The average molecular weight is 278 g/mol. The van der Waals surface area contributed by atoms with Gasteiger partial charge in [0.05, 0.1) is 11.4 Å². The van der Waals surface area contributed by atoms with Crippen molar-refractivity contribution in [3.05, 3.63) is 46.8 Å². The molecule has 0 aliphatic rings. The van der Waals surface area contributed by atoms with E-state index in [0.717, 1.165) is 30.3 Å². The molecule has 0 saturated carbocycles. The van der Waals surface area contributed by atoms with Crippen molar-refractivity contribution in [3.8, 4) is 0 Å². The molecule has 1 aromatic heterocycles. The Morgan fingerprint density at radius 1 is 1.05 bits per heavy atom. The highest BCUT2D eigenvalue weighted by Gasteiger charge is 2.07. The number of rotatable bonds is 5. The lowest BCUT2D eigenvalue weighted by Crippen LogP contribution is -2.10. The standard InChI is InChI=1S/C14H16F2N4/c1-3-12-13(4-2)19-20-14(18-12)17-8-9-5-6-10(15)7-11(9)16/h5-7H,3-4,8H2,1-2H3,(H,17,18,20). The predicted octanol–water partition coefficient (Wildman–Crippen LogP) is 2.89. The van der Waals surface area contributed by atoms with Gasteiger partial charge < -0.3 is 5.32 Å². The summed E-state index contributed by atoms with van der Waals surface area (Å²) in [6, 6.07) is 3.47. The molecular weight excluding hydrogens is 262 g/mol. The summed E-state index contributed by atoms with van der Waals surface area (Å²) in [6.07, 6.45) is 1.54. The second kappa shape index (κ2) is 6.36. The number of hydrogen-bond donors (Lipinski definition) is 1. The van der Waals surface area contributed by atoms with E-state index in [2.05, 4.69) is 20.5 Å². The van der Waals surface area contributed by atoms with Gasteiger partial charge in [-0.05, 0) is 18.9 Å². The maximum absolute atomic E-state index is 13.5. The second-order valence-corrected chi connectivity index (χ2v) is 4.33. The van der Waals surface area contributed by atoms with Crippen LogP contribution in [0.3, 0.4) is 0 Å². The SMILES string of the molecule is CCc1nnc(NCc2ccc(F)cc2F)nc1CC. The highest BCUT2D eigenvalue weighted by molar-refractivity contribution is 5.29. The molecule has 0 bridgehead atoms. The monoisotopic (exact) mass is 278 g/mol. The maximum atomic E-state index is 13.5. The van der Waals surface area contributed by atoms with E-state index in [1.807, 2.05) is 13.8 Å². The number of anilines is 1. The van der Waals surface area contributed by atoms with Gasteiger partial charge >= 0.3 is 0 Å². The third kappa shape index (κ3) is 3.26. The van der Waals surface area contributed by atoms with E-state index in [1.54, 1.807) is 0 Å². The van der Waals surface area contributed by atoms with Crippen molar-refractivity contribution in [3.63, 3.8) is 0 Å². The lowest BCUT2D eigenvalue weighted by atomic mass is 10.2. The Bertz CT molecular complexity index is 602. The molecule has 1 heterocycles. The molecule has 0 aliphatic heterocycles. The molecule has 2 aromatic rings.